The molecule has 6 heterocycles. The van der Waals surface area contributed by atoms with Gasteiger partial charge in [0.25, 0.3) is 5.91 Å². The largest absolute Gasteiger partial charge is 0.394 e. The van der Waals surface area contributed by atoms with E-state index < -0.39 is 36.2 Å². The molecular formula is C58H86Br3ClFN17O7. The van der Waals surface area contributed by atoms with Gasteiger partial charge in [-0.25, -0.2) is 39.3 Å². The minimum absolute atomic E-state index is 0. The molecule has 480 valence electrons. The number of nitrogens with one attached hydrogen (secondary N) is 4. The SMILES string of the molecule is C.CC(C)C(C)C.CC1(C)OCC(CN)O1.CC1(C)OCC(CNc2nc(Br)cnc2N)O1.CCN.C[C@H](NC(=O)c1cc(C#N)cnc1NCc1ccc(-c2cnc(N)c(NCC(O)CO)n2)cc1)c1ccc(F)cc1.Cl.Nc1ncc(Br)nc1Br. The van der Waals surface area contributed by atoms with Gasteiger partial charge in [0.1, 0.15) is 37.6 Å². The van der Waals surface area contributed by atoms with Crippen molar-refractivity contribution in [3.05, 3.63) is 121 Å². The molecule has 0 radical (unpaired) electrons. The fraction of sp³-hybridized carbons (Fsp3) is 0.466. The summed E-state index contributed by atoms with van der Waals surface area (Å²) >= 11 is 9.50. The van der Waals surface area contributed by atoms with Crippen LogP contribution in [0, 0.1) is 29.0 Å². The maximum Gasteiger partial charge on any atom is 0.255 e. The summed E-state index contributed by atoms with van der Waals surface area (Å²) in [6.07, 6.45) is 5.15. The summed E-state index contributed by atoms with van der Waals surface area (Å²) in [6.45, 7) is 23.3. The Balaban J connectivity index is 0.000000666. The molecule has 2 fully saturated rings. The number of anilines is 6. The number of pyridine rings is 1. The van der Waals surface area contributed by atoms with E-state index in [0.717, 1.165) is 35.1 Å². The highest BCUT2D eigenvalue weighted by atomic mass is 79.9. The lowest BCUT2D eigenvalue weighted by Crippen LogP contribution is -2.28. The number of amides is 1. The van der Waals surface area contributed by atoms with Gasteiger partial charge in [0.15, 0.2) is 40.7 Å². The van der Waals surface area contributed by atoms with Crippen LogP contribution in [0.1, 0.15) is 110 Å². The number of halogens is 5. The smallest absolute Gasteiger partial charge is 0.255 e. The van der Waals surface area contributed by atoms with E-state index in [2.05, 4.69) is 132 Å². The van der Waals surface area contributed by atoms with Crippen LogP contribution in [0.5, 0.6) is 0 Å². The van der Waals surface area contributed by atoms with Crippen molar-refractivity contribution >= 4 is 101 Å². The standard InChI is InChI=1S/C29H29FN8O3.C10H15BrN4O2.C6H13NO2.C6H14.C4H3Br2N3.C2H7N.CH4.ClH/c1-17(20-6-8-22(30)9-7-20)37-29(41)24-10-19(11-31)13-35-27(24)34-12-18-2-4-21(5-3-18)25-15-33-26(32)28(38-25)36-14-23(40)16-39;1-10(2)16-5-6(17-10)3-14-9-8(12)13-4-7(11)15-9;1-6(2)8-4-5(3-7)9-6;1-5(2)6(3)4;5-2-1-8-4(7)3(6)9-2;1-2-3;;/h2-10,13,15,17,23,39-40H,12,14,16H2,1H3,(H2,32,33)(H,34,35)(H,36,38)(H,37,41);4,6H,3,5H2,1-2H3,(H2,12,13)(H,14,15);5H,3-4,7H2,1-2H3;5-6H,1-4H3;1H,(H2,7,8);2-3H2,1H3;1H4;1H/t17-,23?;;;;;;;/m0......./s1. The van der Waals surface area contributed by atoms with Crippen LogP contribution in [0.15, 0.2) is 93.2 Å². The summed E-state index contributed by atoms with van der Waals surface area (Å²) in [5.41, 5.74) is 30.5. The molecule has 1 amide bonds. The molecule has 0 spiro atoms. The molecule has 8 rings (SSSR count). The number of carbonyl (C=O) groups excluding carboxylic acids is 1. The van der Waals surface area contributed by atoms with Crippen molar-refractivity contribution in [1.29, 1.82) is 5.26 Å². The Bertz CT molecular complexity index is 3020. The van der Waals surface area contributed by atoms with Crippen molar-refractivity contribution in [3.63, 3.8) is 0 Å². The Morgan fingerprint density at radius 3 is 1.77 bits per heavy atom. The topological polar surface area (TPSA) is 387 Å². The molecule has 24 nitrogen and oxygen atoms in total. The first-order chi connectivity index (χ1) is 40.1. The van der Waals surface area contributed by atoms with Crippen LogP contribution in [-0.2, 0) is 25.5 Å². The minimum atomic E-state index is -0.956. The van der Waals surface area contributed by atoms with Gasteiger partial charge in [0, 0.05) is 37.9 Å². The number of nitrogens with two attached hydrogens (primary N) is 5. The molecule has 3 unspecified atom stereocenters. The normalized spacial score (nSPS) is 15.5. The third-order valence-corrected chi connectivity index (χ3v) is 13.3. The number of aliphatic hydroxyl groups is 2. The number of hydrogen-bond donors (Lipinski definition) is 11. The van der Waals surface area contributed by atoms with Gasteiger partial charge in [0.2, 0.25) is 0 Å². The first-order valence-corrected chi connectivity index (χ1v) is 29.4. The van der Waals surface area contributed by atoms with Gasteiger partial charge >= 0.3 is 0 Å². The van der Waals surface area contributed by atoms with Gasteiger partial charge in [-0.1, -0.05) is 78.4 Å². The van der Waals surface area contributed by atoms with Crippen molar-refractivity contribution in [3.8, 4) is 17.3 Å². The molecule has 4 aromatic heterocycles. The molecule has 2 saturated heterocycles. The first-order valence-electron chi connectivity index (χ1n) is 27.1. The van der Waals surface area contributed by atoms with Gasteiger partial charge in [-0.3, -0.25) is 4.79 Å². The lowest BCUT2D eigenvalue weighted by Gasteiger charge is -2.17. The highest BCUT2D eigenvalue weighted by Crippen LogP contribution is 2.26. The van der Waals surface area contributed by atoms with Crippen LogP contribution in [0.4, 0.5) is 39.3 Å². The molecule has 16 N–H and O–H groups in total. The van der Waals surface area contributed by atoms with Crippen molar-refractivity contribution in [2.75, 3.05) is 79.2 Å². The number of hydrogen-bond acceptors (Lipinski definition) is 23. The zero-order chi connectivity index (χ0) is 63.4. The van der Waals surface area contributed by atoms with Crippen LogP contribution in [0.25, 0.3) is 11.3 Å². The van der Waals surface area contributed by atoms with Gasteiger partial charge in [-0.15, -0.1) is 12.4 Å². The summed E-state index contributed by atoms with van der Waals surface area (Å²) in [7, 11) is 0. The Hall–Kier alpha value is -6.07. The fourth-order valence-corrected chi connectivity index (χ4v) is 7.78. The van der Waals surface area contributed by atoms with E-state index in [9.17, 15) is 19.6 Å². The average molecular weight is 1430 g/mol. The third-order valence-electron chi connectivity index (χ3n) is 11.9. The molecule has 4 atom stereocenters. The van der Waals surface area contributed by atoms with E-state index in [-0.39, 0.29) is 61.3 Å². The van der Waals surface area contributed by atoms with E-state index in [0.29, 0.717) is 81.4 Å². The van der Waals surface area contributed by atoms with Crippen molar-refractivity contribution < 1.29 is 38.3 Å². The molecular weight excluding hydrogens is 1340 g/mol. The van der Waals surface area contributed by atoms with Crippen molar-refractivity contribution in [1.82, 2.24) is 40.2 Å². The Morgan fingerprint density at radius 2 is 1.29 bits per heavy atom. The number of rotatable bonds is 16. The molecule has 2 aromatic carbocycles. The van der Waals surface area contributed by atoms with Crippen LogP contribution >= 0.6 is 60.2 Å². The summed E-state index contributed by atoms with van der Waals surface area (Å²) in [5, 5.41) is 39.9. The number of aromatic nitrogens is 7. The van der Waals surface area contributed by atoms with Crippen LogP contribution in [0.3, 0.4) is 0 Å². The zero-order valence-corrected chi connectivity index (χ0v) is 55.5. The number of nitriles is 1. The Kier molecular flexibility index (Phi) is 36.1. The van der Waals surface area contributed by atoms with Gasteiger partial charge < -0.3 is 79.1 Å². The molecule has 0 saturated carbocycles. The number of nitrogen functional groups attached to an aromatic ring is 3. The lowest BCUT2D eigenvalue weighted by atomic mass is 10.0. The summed E-state index contributed by atoms with van der Waals surface area (Å²) in [6, 6.07) is 16.4. The number of carbonyl (C=O) groups is 1. The third kappa shape index (κ3) is 29.2. The average Bonchev–Trinajstić information content (AvgIpc) is 4.27. The number of aliphatic hydroxyl groups excluding tert-OH is 2. The van der Waals surface area contributed by atoms with Gasteiger partial charge in [0.05, 0.1) is 73.5 Å². The van der Waals surface area contributed by atoms with Crippen molar-refractivity contribution in [2.24, 2.45) is 23.3 Å². The van der Waals surface area contributed by atoms with Crippen LogP contribution in [-0.4, -0.2) is 127 Å². The second-order valence-corrected chi connectivity index (χ2v) is 22.8. The molecule has 87 heavy (non-hydrogen) atoms. The highest BCUT2D eigenvalue weighted by molar-refractivity contribution is 9.11. The van der Waals surface area contributed by atoms with E-state index in [1.54, 1.807) is 31.5 Å². The predicted octanol–water partition coefficient (Wildman–Crippen LogP) is 9.39. The summed E-state index contributed by atoms with van der Waals surface area (Å²) in [5.74, 6) is 2.08. The zero-order valence-electron chi connectivity index (χ0n) is 49.9. The molecule has 0 bridgehead atoms. The number of benzene rings is 2. The Morgan fingerprint density at radius 1 is 0.759 bits per heavy atom. The van der Waals surface area contributed by atoms with E-state index in [1.807, 2.05) is 65.0 Å². The quantitative estimate of drug-likeness (QED) is 0.0429. The number of ether oxygens (including phenoxy) is 4. The number of nitrogens with zero attached hydrogens (tertiary/aromatic N) is 8. The van der Waals surface area contributed by atoms with E-state index in [1.165, 1.54) is 30.6 Å². The lowest BCUT2D eigenvalue weighted by molar-refractivity contribution is -0.137. The van der Waals surface area contributed by atoms with Crippen LogP contribution < -0.4 is 49.9 Å². The first kappa shape index (κ1) is 78.9. The molecule has 6 aromatic rings. The maximum atomic E-state index is 13.3. The molecule has 29 heteroatoms. The molecule has 2 aliphatic rings. The maximum absolute atomic E-state index is 13.3. The fourth-order valence-electron chi connectivity index (χ4n) is 6.69. The van der Waals surface area contributed by atoms with Crippen LogP contribution in [0.2, 0.25) is 0 Å². The monoisotopic (exact) mass is 1420 g/mol. The summed E-state index contributed by atoms with van der Waals surface area (Å²) < 4.78 is 36.9. The second kappa shape index (κ2) is 39.7. The predicted molar refractivity (Wildman–Crippen MR) is 354 cm³/mol. The van der Waals surface area contributed by atoms with E-state index >= 15 is 0 Å². The van der Waals surface area contributed by atoms with Gasteiger partial charge in [-0.05, 0) is 130 Å². The molecule has 2 aliphatic heterocycles. The second-order valence-electron chi connectivity index (χ2n) is 20.4. The van der Waals surface area contributed by atoms with Crippen molar-refractivity contribution in [2.45, 2.75) is 119 Å². The van der Waals surface area contributed by atoms with Gasteiger partial charge in [-0.2, -0.15) is 5.26 Å². The highest BCUT2D eigenvalue weighted by Gasteiger charge is 2.33. The molecule has 0 aliphatic carbocycles. The van der Waals surface area contributed by atoms with E-state index in [4.69, 9.17) is 52.7 Å². The summed E-state index contributed by atoms with van der Waals surface area (Å²) in [4.78, 5) is 41.9. The minimum Gasteiger partial charge on any atom is -0.394 e. The Labute approximate surface area is 541 Å².